The van der Waals surface area contributed by atoms with Crippen molar-refractivity contribution in [2.24, 2.45) is 4.99 Å². The van der Waals surface area contributed by atoms with Crippen LogP contribution in [0.4, 0.5) is 0 Å². The van der Waals surface area contributed by atoms with E-state index in [2.05, 4.69) is 25.6 Å². The van der Waals surface area contributed by atoms with Crippen molar-refractivity contribution in [2.45, 2.75) is 32.4 Å². The van der Waals surface area contributed by atoms with E-state index < -0.39 is 0 Å². The zero-order valence-electron chi connectivity index (χ0n) is 14.6. The van der Waals surface area contributed by atoms with Gasteiger partial charge in [-0.1, -0.05) is 18.2 Å². The maximum absolute atomic E-state index is 6.05. The molecule has 1 aromatic carbocycles. The van der Waals surface area contributed by atoms with Crippen molar-refractivity contribution < 1.29 is 4.74 Å². The van der Waals surface area contributed by atoms with E-state index in [1.54, 1.807) is 11.3 Å². The predicted octanol–water partition coefficient (Wildman–Crippen LogP) is 3.69. The Kier molecular flexibility index (Phi) is 7.95. The minimum absolute atomic E-state index is 0. The van der Waals surface area contributed by atoms with Crippen molar-refractivity contribution >= 4 is 41.3 Å². The highest BCUT2D eigenvalue weighted by Gasteiger charge is 2.22. The molecule has 1 aliphatic heterocycles. The standard InChI is InChI=1S/C18H24N4OS.HI/c1-14-13-24-17(21-14)12-20-18(19-2)22-10-8-16(9-11-22)23-15-6-4-3-5-7-15;/h3-7,13,16H,8-12H2,1-2H3,(H,19,20);1H. The third kappa shape index (κ3) is 5.85. The Hall–Kier alpha value is -1.35. The number of aliphatic imine (C=N–C) groups is 1. The topological polar surface area (TPSA) is 49.8 Å². The minimum atomic E-state index is 0. The maximum atomic E-state index is 6.05. The Bertz CT molecular complexity index is 669. The SMILES string of the molecule is CN=C(NCc1nc(C)cs1)N1CCC(Oc2ccccc2)CC1.I. The first kappa shape index (κ1) is 20.0. The van der Waals surface area contributed by atoms with E-state index in [1.807, 2.05) is 44.3 Å². The molecule has 0 radical (unpaired) electrons. The van der Waals surface area contributed by atoms with Crippen molar-refractivity contribution in [1.29, 1.82) is 0 Å². The van der Waals surface area contributed by atoms with Gasteiger partial charge in [0.25, 0.3) is 0 Å². The Labute approximate surface area is 170 Å². The first-order valence-corrected chi connectivity index (χ1v) is 9.21. The molecule has 0 bridgehead atoms. The summed E-state index contributed by atoms with van der Waals surface area (Å²) in [6.45, 7) is 4.65. The molecule has 0 unspecified atom stereocenters. The van der Waals surface area contributed by atoms with Gasteiger partial charge in [0.05, 0.1) is 6.54 Å². The number of piperidine rings is 1. The molecule has 0 saturated carbocycles. The van der Waals surface area contributed by atoms with Gasteiger partial charge in [-0.15, -0.1) is 35.3 Å². The van der Waals surface area contributed by atoms with E-state index in [0.29, 0.717) is 0 Å². The lowest BCUT2D eigenvalue weighted by Crippen LogP contribution is -2.47. The number of aromatic nitrogens is 1. The maximum Gasteiger partial charge on any atom is 0.193 e. The fourth-order valence-electron chi connectivity index (χ4n) is 2.85. The van der Waals surface area contributed by atoms with Crippen LogP contribution in [0.15, 0.2) is 40.7 Å². The number of nitrogens with zero attached hydrogens (tertiary/aromatic N) is 3. The van der Waals surface area contributed by atoms with Gasteiger partial charge < -0.3 is 15.0 Å². The number of para-hydroxylation sites is 1. The Balaban J connectivity index is 0.00000225. The lowest BCUT2D eigenvalue weighted by molar-refractivity contribution is 0.129. The van der Waals surface area contributed by atoms with E-state index >= 15 is 0 Å². The molecule has 1 N–H and O–H groups in total. The Morgan fingerprint density at radius 3 is 2.64 bits per heavy atom. The van der Waals surface area contributed by atoms with Crippen LogP contribution in [-0.4, -0.2) is 42.1 Å². The summed E-state index contributed by atoms with van der Waals surface area (Å²) in [7, 11) is 1.84. The molecule has 2 heterocycles. The molecule has 3 rings (SSSR count). The second kappa shape index (κ2) is 9.96. The quantitative estimate of drug-likeness (QED) is 0.419. The number of nitrogens with one attached hydrogen (secondary N) is 1. The van der Waals surface area contributed by atoms with E-state index in [4.69, 9.17) is 4.74 Å². The number of ether oxygens (including phenoxy) is 1. The number of likely N-dealkylation sites (tertiary alicyclic amines) is 1. The summed E-state index contributed by atoms with van der Waals surface area (Å²) in [6, 6.07) is 10.1. The number of guanidine groups is 1. The molecule has 2 aromatic rings. The summed E-state index contributed by atoms with van der Waals surface area (Å²) in [5.74, 6) is 1.90. The highest BCUT2D eigenvalue weighted by atomic mass is 127. The van der Waals surface area contributed by atoms with Crippen LogP contribution in [0.5, 0.6) is 5.75 Å². The largest absolute Gasteiger partial charge is 0.490 e. The van der Waals surface area contributed by atoms with Crippen molar-refractivity contribution in [2.75, 3.05) is 20.1 Å². The molecule has 0 atom stereocenters. The summed E-state index contributed by atoms with van der Waals surface area (Å²) in [5.41, 5.74) is 1.07. The van der Waals surface area contributed by atoms with Crippen LogP contribution in [-0.2, 0) is 6.54 Å². The van der Waals surface area contributed by atoms with Crippen LogP contribution in [0.25, 0.3) is 0 Å². The monoisotopic (exact) mass is 472 g/mol. The summed E-state index contributed by atoms with van der Waals surface area (Å²) >= 11 is 1.68. The van der Waals surface area contributed by atoms with Crippen molar-refractivity contribution in [1.82, 2.24) is 15.2 Å². The van der Waals surface area contributed by atoms with Gasteiger partial charge in [0.1, 0.15) is 16.9 Å². The number of aryl methyl sites for hydroxylation is 1. The number of thiazole rings is 1. The van der Waals surface area contributed by atoms with Crippen LogP contribution < -0.4 is 10.1 Å². The van der Waals surface area contributed by atoms with Gasteiger partial charge in [0.15, 0.2) is 5.96 Å². The van der Waals surface area contributed by atoms with Crippen LogP contribution in [0, 0.1) is 6.92 Å². The average Bonchev–Trinajstić information content (AvgIpc) is 3.03. The van der Waals surface area contributed by atoms with Gasteiger partial charge >= 0.3 is 0 Å². The molecule has 7 heteroatoms. The van der Waals surface area contributed by atoms with Gasteiger partial charge in [-0.25, -0.2) is 4.98 Å². The fourth-order valence-corrected chi connectivity index (χ4v) is 3.56. The van der Waals surface area contributed by atoms with Crippen molar-refractivity contribution in [3.05, 3.63) is 46.4 Å². The molecular weight excluding hydrogens is 447 g/mol. The van der Waals surface area contributed by atoms with Crippen LogP contribution in [0.2, 0.25) is 0 Å². The highest BCUT2D eigenvalue weighted by molar-refractivity contribution is 14.0. The number of rotatable bonds is 4. The Morgan fingerprint density at radius 2 is 2.04 bits per heavy atom. The third-order valence-corrected chi connectivity index (χ3v) is 5.03. The zero-order chi connectivity index (χ0) is 16.8. The summed E-state index contributed by atoms with van der Waals surface area (Å²) < 4.78 is 6.05. The Morgan fingerprint density at radius 1 is 1.32 bits per heavy atom. The molecule has 1 saturated heterocycles. The van der Waals surface area contributed by atoms with E-state index in [-0.39, 0.29) is 30.1 Å². The molecule has 0 aliphatic carbocycles. The number of benzene rings is 1. The molecule has 1 aliphatic rings. The van der Waals surface area contributed by atoms with E-state index in [1.165, 1.54) is 0 Å². The van der Waals surface area contributed by atoms with Crippen molar-refractivity contribution in [3.8, 4) is 5.75 Å². The molecule has 136 valence electrons. The first-order valence-electron chi connectivity index (χ1n) is 8.33. The number of hydrogen-bond acceptors (Lipinski definition) is 4. The highest BCUT2D eigenvalue weighted by Crippen LogP contribution is 2.18. The smallest absolute Gasteiger partial charge is 0.193 e. The van der Waals surface area contributed by atoms with Gasteiger partial charge in [-0.05, 0) is 19.1 Å². The number of halogens is 1. The number of hydrogen-bond donors (Lipinski definition) is 1. The second-order valence-electron chi connectivity index (χ2n) is 5.90. The van der Waals surface area contributed by atoms with Crippen LogP contribution >= 0.6 is 35.3 Å². The van der Waals surface area contributed by atoms with Crippen LogP contribution in [0.3, 0.4) is 0 Å². The van der Waals surface area contributed by atoms with Gasteiger partial charge in [0, 0.05) is 44.1 Å². The fraction of sp³-hybridized carbons (Fsp3) is 0.444. The van der Waals surface area contributed by atoms with E-state index in [9.17, 15) is 0 Å². The normalized spacial score (nSPS) is 15.6. The van der Waals surface area contributed by atoms with Gasteiger partial charge in [-0.3, -0.25) is 4.99 Å². The lowest BCUT2D eigenvalue weighted by Gasteiger charge is -2.34. The molecule has 0 spiro atoms. The minimum Gasteiger partial charge on any atom is -0.490 e. The molecule has 5 nitrogen and oxygen atoms in total. The van der Waals surface area contributed by atoms with Crippen molar-refractivity contribution in [3.63, 3.8) is 0 Å². The van der Waals surface area contributed by atoms with E-state index in [0.717, 1.165) is 54.9 Å². The van der Waals surface area contributed by atoms with Gasteiger partial charge in [0.2, 0.25) is 0 Å². The van der Waals surface area contributed by atoms with Crippen LogP contribution in [0.1, 0.15) is 23.5 Å². The molecule has 1 fully saturated rings. The summed E-state index contributed by atoms with van der Waals surface area (Å²) in [5, 5.41) is 6.59. The summed E-state index contributed by atoms with van der Waals surface area (Å²) in [6.07, 6.45) is 2.29. The van der Waals surface area contributed by atoms with Gasteiger partial charge in [-0.2, -0.15) is 0 Å². The molecule has 25 heavy (non-hydrogen) atoms. The second-order valence-corrected chi connectivity index (χ2v) is 6.84. The third-order valence-electron chi connectivity index (χ3n) is 4.06. The predicted molar refractivity (Wildman–Crippen MR) is 114 cm³/mol. The molecule has 1 aromatic heterocycles. The summed E-state index contributed by atoms with van der Waals surface area (Å²) in [4.78, 5) is 11.2. The zero-order valence-corrected chi connectivity index (χ0v) is 17.8. The average molecular weight is 472 g/mol. The lowest BCUT2D eigenvalue weighted by atomic mass is 10.1. The molecular formula is C18H25IN4OS. The molecule has 0 amide bonds. The first-order chi connectivity index (χ1) is 11.7.